The van der Waals surface area contributed by atoms with Crippen molar-refractivity contribution < 1.29 is 4.74 Å². The molecule has 1 aromatic heterocycles. The number of hydrogen-bond acceptors (Lipinski definition) is 8. The molecule has 0 radical (unpaired) electrons. The van der Waals surface area contributed by atoms with Crippen molar-refractivity contribution in [2.75, 3.05) is 13.2 Å². The Morgan fingerprint density at radius 1 is 1.32 bits per heavy atom. The van der Waals surface area contributed by atoms with Gasteiger partial charge in [0, 0.05) is 23.0 Å². The van der Waals surface area contributed by atoms with Gasteiger partial charge in [-0.2, -0.15) is 0 Å². The van der Waals surface area contributed by atoms with Gasteiger partial charge < -0.3 is 9.64 Å². The predicted octanol–water partition coefficient (Wildman–Crippen LogP) is 2.25. The number of amidine groups is 1. The van der Waals surface area contributed by atoms with E-state index in [1.54, 1.807) is 11.3 Å². The highest BCUT2D eigenvalue weighted by molar-refractivity contribution is 7.09. The van der Waals surface area contributed by atoms with E-state index in [0.717, 1.165) is 28.8 Å². The molecule has 0 spiro atoms. The topological polar surface area (TPSA) is 65.0 Å². The summed E-state index contributed by atoms with van der Waals surface area (Å²) in [4.78, 5) is 7.22. The summed E-state index contributed by atoms with van der Waals surface area (Å²) >= 11 is 1.70. The van der Waals surface area contributed by atoms with Crippen molar-refractivity contribution in [3.8, 4) is 0 Å². The first kappa shape index (κ1) is 16.6. The van der Waals surface area contributed by atoms with E-state index in [9.17, 15) is 0 Å². The Kier molecular flexibility index (Phi) is 4.05. The summed E-state index contributed by atoms with van der Waals surface area (Å²) in [7, 11) is 0. The van der Waals surface area contributed by atoms with E-state index in [0.29, 0.717) is 12.6 Å². The third-order valence-corrected chi connectivity index (χ3v) is 5.52. The molecule has 4 rings (SSSR count). The Balaban J connectivity index is 1.53. The van der Waals surface area contributed by atoms with Crippen LogP contribution in [0.5, 0.6) is 0 Å². The zero-order chi connectivity index (χ0) is 17.6. The second kappa shape index (κ2) is 6.12. The molecule has 8 heteroatoms. The summed E-state index contributed by atoms with van der Waals surface area (Å²) in [5.74, 6) is 0.857. The Morgan fingerprint density at radius 2 is 2.16 bits per heavy atom. The molecule has 1 saturated heterocycles. The fraction of sp³-hybridized carbons (Fsp3) is 0.529. The van der Waals surface area contributed by atoms with Crippen LogP contribution in [0.15, 0.2) is 34.5 Å². The van der Waals surface area contributed by atoms with E-state index in [4.69, 9.17) is 9.72 Å². The lowest BCUT2D eigenvalue weighted by atomic mass is 9.93. The van der Waals surface area contributed by atoms with Gasteiger partial charge in [-0.3, -0.25) is 0 Å². The highest BCUT2D eigenvalue weighted by Gasteiger charge is 2.32. The minimum atomic E-state index is 0.00586. The minimum Gasteiger partial charge on any atom is -0.367 e. The third-order valence-electron chi connectivity index (χ3n) is 4.58. The minimum absolute atomic E-state index is 0.00586. The van der Waals surface area contributed by atoms with Gasteiger partial charge in [0.15, 0.2) is 5.84 Å². The number of nitrogens with zero attached hydrogens (tertiary/aromatic N) is 4. The van der Waals surface area contributed by atoms with Crippen molar-refractivity contribution in [2.24, 2.45) is 5.10 Å². The predicted molar refractivity (Wildman–Crippen MR) is 98.4 cm³/mol. The molecule has 3 aliphatic rings. The number of morpholine rings is 1. The summed E-state index contributed by atoms with van der Waals surface area (Å²) in [5, 5.41) is 9.24. The molecule has 7 nitrogen and oxygen atoms in total. The molecule has 0 unspecified atom stereocenters. The van der Waals surface area contributed by atoms with Crippen LogP contribution in [0.3, 0.4) is 0 Å². The third kappa shape index (κ3) is 3.17. The van der Waals surface area contributed by atoms with Gasteiger partial charge in [0.25, 0.3) is 0 Å². The Labute approximate surface area is 152 Å². The van der Waals surface area contributed by atoms with E-state index in [-0.39, 0.29) is 11.5 Å². The van der Waals surface area contributed by atoms with E-state index in [2.05, 4.69) is 66.4 Å². The van der Waals surface area contributed by atoms with Gasteiger partial charge in [-0.1, -0.05) is 20.8 Å². The van der Waals surface area contributed by atoms with Gasteiger partial charge in [-0.25, -0.2) is 15.5 Å². The molecule has 1 aromatic rings. The number of ether oxygens (including phenoxy) is 1. The molecule has 0 amide bonds. The number of hydrazine groups is 2. The lowest BCUT2D eigenvalue weighted by molar-refractivity contribution is -0.0460. The summed E-state index contributed by atoms with van der Waals surface area (Å²) < 4.78 is 6.10. The SMILES string of the molecule is C[C@@H]1CO[C@H](c2nc(C(C)(C)C)cs2)CN1C1=CN2NNN=C2C=C1. The summed E-state index contributed by atoms with van der Waals surface area (Å²) in [6.07, 6.45) is 6.16. The lowest BCUT2D eigenvalue weighted by Gasteiger charge is -2.40. The van der Waals surface area contributed by atoms with Crippen molar-refractivity contribution in [2.45, 2.75) is 45.3 Å². The molecule has 4 heterocycles. The van der Waals surface area contributed by atoms with Crippen molar-refractivity contribution in [3.05, 3.63) is 40.1 Å². The number of rotatable bonds is 2. The Morgan fingerprint density at radius 3 is 2.92 bits per heavy atom. The number of hydrogen-bond donors (Lipinski definition) is 2. The standard InChI is InChI=1S/C17H24N6OS/c1-11-9-24-13(16-18-14(10-25-16)17(2,3)4)8-22(11)12-5-6-15-19-20-21-23(15)7-12/h5-7,10-11,13,20-21H,8-9H2,1-4H3/t11-,13+/m1/s1. The number of fused-ring (bicyclic) bond motifs is 1. The molecular weight excluding hydrogens is 336 g/mol. The smallest absolute Gasteiger partial charge is 0.170 e. The van der Waals surface area contributed by atoms with Crippen molar-refractivity contribution in [1.29, 1.82) is 0 Å². The maximum absolute atomic E-state index is 6.10. The zero-order valence-corrected chi connectivity index (χ0v) is 15.8. The van der Waals surface area contributed by atoms with Crippen LogP contribution in [0, 0.1) is 0 Å². The van der Waals surface area contributed by atoms with Crippen LogP contribution in [-0.4, -0.2) is 39.9 Å². The molecule has 25 heavy (non-hydrogen) atoms. The molecule has 0 bridgehead atoms. The molecular formula is C17H24N6OS. The molecule has 1 fully saturated rings. The van der Waals surface area contributed by atoms with Crippen molar-refractivity contribution >= 4 is 17.2 Å². The maximum Gasteiger partial charge on any atom is 0.170 e. The number of nitrogens with one attached hydrogen (secondary N) is 2. The van der Waals surface area contributed by atoms with Gasteiger partial charge in [0.05, 0.1) is 24.5 Å². The number of thiazole rings is 1. The van der Waals surface area contributed by atoms with Crippen LogP contribution >= 0.6 is 11.3 Å². The van der Waals surface area contributed by atoms with Gasteiger partial charge in [0.2, 0.25) is 0 Å². The molecule has 0 aliphatic carbocycles. The molecule has 2 atom stereocenters. The number of allylic oxidation sites excluding steroid dienone is 1. The van der Waals surface area contributed by atoms with E-state index >= 15 is 0 Å². The van der Waals surface area contributed by atoms with Crippen LogP contribution in [-0.2, 0) is 10.2 Å². The first-order chi connectivity index (χ1) is 11.9. The largest absolute Gasteiger partial charge is 0.367 e. The van der Waals surface area contributed by atoms with Crippen molar-refractivity contribution in [1.82, 2.24) is 26.0 Å². The second-order valence-corrected chi connectivity index (χ2v) is 8.48. The van der Waals surface area contributed by atoms with E-state index in [1.807, 2.05) is 11.1 Å². The summed E-state index contributed by atoms with van der Waals surface area (Å²) in [5.41, 5.74) is 8.09. The van der Waals surface area contributed by atoms with Gasteiger partial charge in [-0.15, -0.1) is 22.0 Å². The van der Waals surface area contributed by atoms with Gasteiger partial charge in [-0.05, 0) is 19.1 Å². The van der Waals surface area contributed by atoms with Crippen LogP contribution < -0.4 is 11.1 Å². The van der Waals surface area contributed by atoms with Gasteiger partial charge in [0.1, 0.15) is 11.1 Å². The average Bonchev–Trinajstić information content (AvgIpc) is 3.23. The molecule has 3 aliphatic heterocycles. The monoisotopic (exact) mass is 360 g/mol. The number of hydrazone groups is 1. The first-order valence-corrected chi connectivity index (χ1v) is 9.41. The normalized spacial score (nSPS) is 26.2. The van der Waals surface area contributed by atoms with Gasteiger partial charge >= 0.3 is 0 Å². The quantitative estimate of drug-likeness (QED) is 0.843. The van der Waals surface area contributed by atoms with E-state index < -0.39 is 0 Å². The van der Waals surface area contributed by atoms with Crippen LogP contribution in [0.25, 0.3) is 0 Å². The molecule has 0 saturated carbocycles. The first-order valence-electron chi connectivity index (χ1n) is 8.53. The lowest BCUT2D eigenvalue weighted by Crippen LogP contribution is -2.46. The molecule has 2 N–H and O–H groups in total. The van der Waals surface area contributed by atoms with Crippen molar-refractivity contribution in [3.63, 3.8) is 0 Å². The molecule has 0 aromatic carbocycles. The Bertz CT molecular complexity index is 747. The Hall–Kier alpha value is -1.90. The summed E-state index contributed by atoms with van der Waals surface area (Å²) in [6, 6.07) is 0.309. The second-order valence-electron chi connectivity index (χ2n) is 7.60. The fourth-order valence-electron chi connectivity index (χ4n) is 3.01. The fourth-order valence-corrected chi connectivity index (χ4v) is 4.10. The van der Waals surface area contributed by atoms with Crippen LogP contribution in [0.2, 0.25) is 0 Å². The zero-order valence-electron chi connectivity index (χ0n) is 15.0. The highest BCUT2D eigenvalue weighted by atomic mass is 32.1. The summed E-state index contributed by atoms with van der Waals surface area (Å²) in [6.45, 7) is 10.2. The number of aromatic nitrogens is 1. The van der Waals surface area contributed by atoms with Crippen LogP contribution in [0.4, 0.5) is 0 Å². The molecule has 134 valence electrons. The average molecular weight is 360 g/mol. The van der Waals surface area contributed by atoms with E-state index in [1.165, 1.54) is 0 Å². The highest BCUT2D eigenvalue weighted by Crippen LogP contribution is 2.33. The van der Waals surface area contributed by atoms with Crippen LogP contribution in [0.1, 0.15) is 44.5 Å². The maximum atomic E-state index is 6.10.